The molecule has 8 nitrogen and oxygen atoms in total. The monoisotopic (exact) mass is 468 g/mol. The lowest BCUT2D eigenvalue weighted by molar-refractivity contribution is 0.284. The van der Waals surface area contributed by atoms with Crippen LogP contribution in [0.15, 0.2) is 64.0 Å². The highest BCUT2D eigenvalue weighted by Gasteiger charge is 2.25. The van der Waals surface area contributed by atoms with Crippen molar-refractivity contribution in [3.8, 4) is 28.5 Å². The Hall–Kier alpha value is -3.56. The third kappa shape index (κ3) is 4.50. The van der Waals surface area contributed by atoms with E-state index in [-0.39, 0.29) is 10.6 Å². The zero-order valence-electron chi connectivity index (χ0n) is 18.5. The van der Waals surface area contributed by atoms with Gasteiger partial charge in [0.05, 0.1) is 19.6 Å². The zero-order valence-corrected chi connectivity index (χ0v) is 19.3. The second-order valence-electron chi connectivity index (χ2n) is 7.38. The van der Waals surface area contributed by atoms with Crippen molar-refractivity contribution in [3.05, 3.63) is 65.7 Å². The Labute approximate surface area is 191 Å². The van der Waals surface area contributed by atoms with Gasteiger partial charge in [-0.25, -0.2) is 13.6 Å². The number of hydrogen-bond donors (Lipinski definition) is 1. The first kappa shape index (κ1) is 22.6. The maximum absolute atomic E-state index is 12.2. The highest BCUT2D eigenvalue weighted by Crippen LogP contribution is 2.42. The smallest absolute Gasteiger partial charge is 0.241 e. The Kier molecular flexibility index (Phi) is 6.26. The number of rotatable bonds is 8. The van der Waals surface area contributed by atoms with Crippen LogP contribution in [0, 0.1) is 0 Å². The molecular formula is C24H24N2O6S. The van der Waals surface area contributed by atoms with Crippen LogP contribution < -0.4 is 19.3 Å². The molecule has 1 heterocycles. The molecule has 0 fully saturated rings. The fourth-order valence-electron chi connectivity index (χ4n) is 3.61. The van der Waals surface area contributed by atoms with E-state index in [0.717, 1.165) is 11.1 Å². The number of fused-ring (bicyclic) bond motifs is 1. The van der Waals surface area contributed by atoms with Crippen LogP contribution in [0.1, 0.15) is 18.1 Å². The van der Waals surface area contributed by atoms with Crippen molar-refractivity contribution in [2.75, 3.05) is 14.2 Å². The summed E-state index contributed by atoms with van der Waals surface area (Å²) in [5, 5.41) is 10.3. The average molecular weight is 469 g/mol. The van der Waals surface area contributed by atoms with Gasteiger partial charge in [0.15, 0.2) is 17.1 Å². The van der Waals surface area contributed by atoms with Gasteiger partial charge in [-0.05, 0) is 35.7 Å². The fraction of sp³-hybridized carbons (Fsp3) is 0.208. The van der Waals surface area contributed by atoms with E-state index in [1.54, 1.807) is 19.2 Å². The second-order valence-corrected chi connectivity index (χ2v) is 8.91. The highest BCUT2D eigenvalue weighted by atomic mass is 32.2. The molecule has 0 saturated heterocycles. The van der Waals surface area contributed by atoms with Crippen molar-refractivity contribution in [1.82, 2.24) is 5.16 Å². The molecule has 0 atom stereocenters. The molecule has 4 aromatic rings. The summed E-state index contributed by atoms with van der Waals surface area (Å²) in [7, 11) is -1.10. The largest absolute Gasteiger partial charge is 0.495 e. The normalized spacial score (nSPS) is 11.5. The van der Waals surface area contributed by atoms with Gasteiger partial charge in [0.25, 0.3) is 0 Å². The second kappa shape index (κ2) is 9.13. The summed E-state index contributed by atoms with van der Waals surface area (Å²) in [6.07, 6.45) is 0.593. The van der Waals surface area contributed by atoms with E-state index >= 15 is 0 Å². The summed E-state index contributed by atoms with van der Waals surface area (Å²) in [6.45, 7) is 2.27. The topological polar surface area (TPSA) is 114 Å². The maximum atomic E-state index is 12.2. The van der Waals surface area contributed by atoms with E-state index in [9.17, 15) is 8.42 Å². The molecular weight excluding hydrogens is 444 g/mol. The van der Waals surface area contributed by atoms with E-state index in [4.69, 9.17) is 23.9 Å². The van der Waals surface area contributed by atoms with Crippen molar-refractivity contribution < 1.29 is 27.2 Å². The summed E-state index contributed by atoms with van der Waals surface area (Å²) in [4.78, 5) is -0.106. The maximum Gasteiger partial charge on any atom is 0.241 e. The first-order valence-corrected chi connectivity index (χ1v) is 11.8. The van der Waals surface area contributed by atoms with Gasteiger partial charge in [-0.15, -0.1) is 0 Å². The van der Waals surface area contributed by atoms with Gasteiger partial charge in [-0.1, -0.05) is 42.4 Å². The van der Waals surface area contributed by atoms with Crippen molar-refractivity contribution in [3.63, 3.8) is 0 Å². The molecule has 0 aliphatic heterocycles. The fourth-order valence-corrected chi connectivity index (χ4v) is 4.38. The molecule has 0 saturated carbocycles. The molecule has 0 amide bonds. The van der Waals surface area contributed by atoms with Crippen molar-refractivity contribution >= 4 is 21.0 Å². The number of primary sulfonamides is 1. The third-order valence-corrected chi connectivity index (χ3v) is 6.20. The number of benzene rings is 3. The Morgan fingerprint density at radius 1 is 0.970 bits per heavy atom. The minimum Gasteiger partial charge on any atom is -0.495 e. The predicted molar refractivity (Wildman–Crippen MR) is 124 cm³/mol. The van der Waals surface area contributed by atoms with Crippen molar-refractivity contribution in [1.29, 1.82) is 0 Å². The van der Waals surface area contributed by atoms with Crippen LogP contribution in [0.2, 0.25) is 0 Å². The third-order valence-electron chi connectivity index (χ3n) is 5.28. The minimum atomic E-state index is -4.03. The van der Waals surface area contributed by atoms with E-state index in [2.05, 4.69) is 5.16 Å². The highest BCUT2D eigenvalue weighted by molar-refractivity contribution is 7.89. The molecule has 0 unspecified atom stereocenters. The summed E-state index contributed by atoms with van der Waals surface area (Å²) in [5.74, 6) is 1.09. The van der Waals surface area contributed by atoms with Crippen molar-refractivity contribution in [2.24, 2.45) is 5.14 Å². The standard InChI is InChI=1S/C24H24N2O6S/c1-4-15-10-18(24(30-3)22(11-15)33(25,27)28)23-17-12-20(29-2)21(13-19(17)32-26-23)31-14-16-8-6-5-7-9-16/h5-13H,4,14H2,1-3H3,(H2,25,27,28). The van der Waals surface area contributed by atoms with Crippen molar-refractivity contribution in [2.45, 2.75) is 24.8 Å². The predicted octanol–water partition coefficient (Wildman–Crippen LogP) is 4.30. The number of aryl methyl sites for hydroxylation is 1. The van der Waals surface area contributed by atoms with Gasteiger partial charge >= 0.3 is 0 Å². The molecule has 0 spiro atoms. The molecule has 2 N–H and O–H groups in total. The molecule has 0 bridgehead atoms. The van der Waals surface area contributed by atoms with E-state index in [0.29, 0.717) is 46.8 Å². The van der Waals surface area contributed by atoms with Gasteiger partial charge in [-0.2, -0.15) is 0 Å². The number of hydrogen-bond acceptors (Lipinski definition) is 7. The molecule has 0 aliphatic carbocycles. The van der Waals surface area contributed by atoms with E-state index < -0.39 is 10.0 Å². The van der Waals surface area contributed by atoms with Crippen LogP contribution in [0.3, 0.4) is 0 Å². The van der Waals surface area contributed by atoms with Gasteiger partial charge in [0.2, 0.25) is 10.0 Å². The molecule has 3 aromatic carbocycles. The first-order valence-electron chi connectivity index (χ1n) is 10.2. The Balaban J connectivity index is 1.83. The molecule has 4 rings (SSSR count). The van der Waals surface area contributed by atoms with Crippen LogP contribution in [0.4, 0.5) is 0 Å². The first-order chi connectivity index (χ1) is 15.9. The number of sulfonamides is 1. The van der Waals surface area contributed by atoms with Crippen LogP contribution in [-0.4, -0.2) is 27.8 Å². The number of methoxy groups -OCH3 is 2. The van der Waals surface area contributed by atoms with Gasteiger partial charge in [0, 0.05) is 11.6 Å². The minimum absolute atomic E-state index is 0.105. The SMILES string of the molecule is CCc1cc(-c2noc3cc(OCc4ccccc4)c(OC)cc23)c(OC)c(S(N)(=O)=O)c1. The Morgan fingerprint density at radius 3 is 2.36 bits per heavy atom. The lowest BCUT2D eigenvalue weighted by atomic mass is 10.0. The van der Waals surface area contributed by atoms with E-state index in [1.165, 1.54) is 13.2 Å². The quantitative estimate of drug-likeness (QED) is 0.410. The number of nitrogens with zero attached hydrogens (tertiary/aromatic N) is 1. The molecule has 0 aliphatic rings. The summed E-state index contributed by atoms with van der Waals surface area (Å²) < 4.78 is 46.9. The average Bonchev–Trinajstić information content (AvgIpc) is 3.23. The Bertz CT molecular complexity index is 1400. The molecule has 172 valence electrons. The van der Waals surface area contributed by atoms with Gasteiger partial charge < -0.3 is 18.7 Å². The van der Waals surface area contributed by atoms with Crippen LogP contribution in [0.25, 0.3) is 22.2 Å². The lowest BCUT2D eigenvalue weighted by Crippen LogP contribution is -2.14. The van der Waals surface area contributed by atoms with Gasteiger partial charge in [0.1, 0.15) is 22.9 Å². The lowest BCUT2D eigenvalue weighted by Gasteiger charge is -2.14. The number of nitrogens with two attached hydrogens (primary N) is 1. The van der Waals surface area contributed by atoms with Crippen LogP contribution >= 0.6 is 0 Å². The molecule has 9 heteroatoms. The number of aromatic nitrogens is 1. The zero-order chi connectivity index (χ0) is 23.6. The van der Waals surface area contributed by atoms with Crippen LogP contribution in [0.5, 0.6) is 17.2 Å². The summed E-state index contributed by atoms with van der Waals surface area (Å²) in [6, 6.07) is 16.5. The molecule has 33 heavy (non-hydrogen) atoms. The summed E-state index contributed by atoms with van der Waals surface area (Å²) >= 11 is 0. The number of ether oxygens (including phenoxy) is 3. The molecule has 1 aromatic heterocycles. The van der Waals surface area contributed by atoms with Crippen LogP contribution in [-0.2, 0) is 23.1 Å². The summed E-state index contributed by atoms with van der Waals surface area (Å²) in [5.41, 5.74) is 3.10. The molecule has 0 radical (unpaired) electrons. The Morgan fingerprint density at radius 2 is 1.73 bits per heavy atom. The van der Waals surface area contributed by atoms with E-state index in [1.807, 2.05) is 43.3 Å². The van der Waals surface area contributed by atoms with Gasteiger partial charge in [-0.3, -0.25) is 0 Å².